The summed E-state index contributed by atoms with van der Waals surface area (Å²) in [6.07, 6.45) is 6.14. The van der Waals surface area contributed by atoms with E-state index in [1.165, 1.54) is 0 Å². The lowest BCUT2D eigenvalue weighted by molar-refractivity contribution is 0.577. The van der Waals surface area contributed by atoms with E-state index in [1.54, 1.807) is 0 Å². The number of sulfonamides is 1. The number of hydrogen-bond donors (Lipinski definition) is 2. The summed E-state index contributed by atoms with van der Waals surface area (Å²) in [5, 5.41) is 6.99. The van der Waals surface area contributed by atoms with Crippen molar-refractivity contribution in [2.45, 2.75) is 17.2 Å². The van der Waals surface area contributed by atoms with E-state index in [9.17, 15) is 8.42 Å². The van der Waals surface area contributed by atoms with Crippen molar-refractivity contribution in [1.29, 1.82) is 0 Å². The Morgan fingerprint density at radius 3 is 2.80 bits per heavy atom. The van der Waals surface area contributed by atoms with E-state index < -0.39 is 10.0 Å². The van der Waals surface area contributed by atoms with Crippen LogP contribution in [0.15, 0.2) is 4.34 Å². The topological polar surface area (TPSA) is 98.0 Å². The van der Waals surface area contributed by atoms with E-state index >= 15 is 0 Å². The molecule has 0 aromatic carbocycles. The Labute approximate surface area is 92.0 Å². The molecule has 6 nitrogen and oxygen atoms in total. The van der Waals surface area contributed by atoms with Gasteiger partial charge in [-0.1, -0.05) is 11.3 Å². The van der Waals surface area contributed by atoms with Crippen LogP contribution in [0.2, 0.25) is 0 Å². The number of hydrogen-bond acceptors (Lipinski definition) is 6. The lowest BCUT2D eigenvalue weighted by Gasteiger charge is -2.00. The fourth-order valence-electron chi connectivity index (χ4n) is 0.788. The molecule has 1 rings (SSSR count). The molecule has 1 aromatic rings. The number of nitrogens with one attached hydrogen (secondary N) is 1. The zero-order valence-corrected chi connectivity index (χ0v) is 9.44. The third-order valence-corrected chi connectivity index (χ3v) is 4.02. The van der Waals surface area contributed by atoms with Crippen LogP contribution >= 0.6 is 11.3 Å². The standard InChI is InChI=1S/C7H10N4O2S2/c1-2-3-4-5-9-15(12,13)7-11-10-6(8)14-7/h1,9H,3-5H2,(H2,8,10). The van der Waals surface area contributed by atoms with Crippen LogP contribution in [0.25, 0.3) is 0 Å². The van der Waals surface area contributed by atoms with Gasteiger partial charge in [0.05, 0.1) is 0 Å². The second-order valence-corrected chi connectivity index (χ2v) is 5.56. The molecule has 0 unspecified atom stereocenters. The van der Waals surface area contributed by atoms with Gasteiger partial charge in [0, 0.05) is 13.0 Å². The Morgan fingerprint density at radius 1 is 1.53 bits per heavy atom. The van der Waals surface area contributed by atoms with Crippen LogP contribution in [0.1, 0.15) is 12.8 Å². The molecule has 15 heavy (non-hydrogen) atoms. The zero-order chi connectivity index (χ0) is 11.3. The van der Waals surface area contributed by atoms with Gasteiger partial charge >= 0.3 is 0 Å². The molecule has 0 saturated heterocycles. The van der Waals surface area contributed by atoms with Crippen LogP contribution in [-0.4, -0.2) is 25.2 Å². The van der Waals surface area contributed by atoms with Crippen molar-refractivity contribution in [3.8, 4) is 12.3 Å². The monoisotopic (exact) mass is 246 g/mol. The summed E-state index contributed by atoms with van der Waals surface area (Å²) in [6, 6.07) is 0. The third-order valence-electron chi connectivity index (χ3n) is 1.44. The lowest BCUT2D eigenvalue weighted by atomic mass is 10.3. The van der Waals surface area contributed by atoms with E-state index in [1.807, 2.05) is 0 Å². The largest absolute Gasteiger partial charge is 0.374 e. The molecule has 1 heterocycles. The van der Waals surface area contributed by atoms with Crippen LogP contribution in [-0.2, 0) is 10.0 Å². The van der Waals surface area contributed by atoms with E-state index in [4.69, 9.17) is 12.2 Å². The summed E-state index contributed by atoms with van der Waals surface area (Å²) in [4.78, 5) is 0. The van der Waals surface area contributed by atoms with Gasteiger partial charge < -0.3 is 5.73 Å². The van der Waals surface area contributed by atoms with Gasteiger partial charge in [-0.15, -0.1) is 22.5 Å². The summed E-state index contributed by atoms with van der Waals surface area (Å²) in [6.45, 7) is 0.284. The Hall–Kier alpha value is -1.17. The number of rotatable bonds is 5. The number of anilines is 1. The molecule has 8 heteroatoms. The van der Waals surface area contributed by atoms with Crippen LogP contribution in [0.5, 0.6) is 0 Å². The first-order valence-corrected chi connectivity index (χ1v) is 6.38. The summed E-state index contributed by atoms with van der Waals surface area (Å²) < 4.78 is 25.2. The smallest absolute Gasteiger partial charge is 0.269 e. The zero-order valence-electron chi connectivity index (χ0n) is 7.80. The quantitative estimate of drug-likeness (QED) is 0.554. The van der Waals surface area contributed by atoms with Gasteiger partial charge in [-0.3, -0.25) is 0 Å². The predicted molar refractivity (Wildman–Crippen MR) is 57.6 cm³/mol. The van der Waals surface area contributed by atoms with Crippen molar-refractivity contribution in [2.24, 2.45) is 0 Å². The van der Waals surface area contributed by atoms with Crippen molar-refractivity contribution < 1.29 is 8.42 Å². The second-order valence-electron chi connectivity index (χ2n) is 2.61. The SMILES string of the molecule is C#CCCCNS(=O)(=O)c1nnc(N)s1. The highest BCUT2D eigenvalue weighted by molar-refractivity contribution is 7.91. The molecule has 1 aromatic heterocycles. The van der Waals surface area contributed by atoms with Crippen molar-refractivity contribution >= 4 is 26.5 Å². The average Bonchev–Trinajstić information content (AvgIpc) is 2.60. The molecule has 0 bridgehead atoms. The van der Waals surface area contributed by atoms with Gasteiger partial charge in [-0.05, 0) is 6.42 Å². The molecule has 82 valence electrons. The number of aromatic nitrogens is 2. The fraction of sp³-hybridized carbons (Fsp3) is 0.429. The summed E-state index contributed by atoms with van der Waals surface area (Å²) in [5.74, 6) is 2.42. The lowest BCUT2D eigenvalue weighted by Crippen LogP contribution is -2.24. The molecular formula is C7H10N4O2S2. The van der Waals surface area contributed by atoms with Crippen LogP contribution in [0.3, 0.4) is 0 Å². The maximum absolute atomic E-state index is 11.5. The molecule has 0 atom stereocenters. The van der Waals surface area contributed by atoms with E-state index in [-0.39, 0.29) is 16.0 Å². The Balaban J connectivity index is 2.57. The number of nitrogens with two attached hydrogens (primary N) is 1. The minimum Gasteiger partial charge on any atom is -0.374 e. The first-order valence-electron chi connectivity index (χ1n) is 4.08. The van der Waals surface area contributed by atoms with Crippen molar-refractivity contribution in [2.75, 3.05) is 12.3 Å². The summed E-state index contributed by atoms with van der Waals surface area (Å²) in [5.41, 5.74) is 5.28. The minimum absolute atomic E-state index is 0.124. The molecular weight excluding hydrogens is 236 g/mol. The molecule has 0 saturated carbocycles. The maximum Gasteiger partial charge on any atom is 0.269 e. The Kier molecular flexibility index (Phi) is 4.02. The number of nitrogens with zero attached hydrogens (tertiary/aromatic N) is 2. The Bertz CT molecular complexity index is 460. The molecule has 0 fully saturated rings. The first-order chi connectivity index (χ1) is 7.06. The Morgan fingerprint density at radius 2 is 2.27 bits per heavy atom. The van der Waals surface area contributed by atoms with Gasteiger partial charge in [-0.2, -0.15) is 0 Å². The fourth-order valence-corrected chi connectivity index (χ4v) is 2.69. The van der Waals surface area contributed by atoms with Crippen LogP contribution in [0.4, 0.5) is 5.13 Å². The first kappa shape index (κ1) is 11.9. The van der Waals surface area contributed by atoms with Crippen molar-refractivity contribution in [3.05, 3.63) is 0 Å². The molecule has 0 spiro atoms. The van der Waals surface area contributed by atoms with E-state index in [0.717, 1.165) is 11.3 Å². The van der Waals surface area contributed by atoms with Gasteiger partial charge in [0.1, 0.15) is 0 Å². The summed E-state index contributed by atoms with van der Waals surface area (Å²) >= 11 is 0.823. The minimum atomic E-state index is -3.57. The molecule has 0 radical (unpaired) electrons. The molecule has 3 N–H and O–H groups in total. The molecule has 0 aliphatic rings. The van der Waals surface area contributed by atoms with Gasteiger partial charge in [0.2, 0.25) is 9.47 Å². The van der Waals surface area contributed by atoms with Gasteiger partial charge in [0.15, 0.2) is 0 Å². The number of nitrogen functional groups attached to an aromatic ring is 1. The number of terminal acetylenes is 1. The maximum atomic E-state index is 11.5. The van der Waals surface area contributed by atoms with Crippen molar-refractivity contribution in [3.63, 3.8) is 0 Å². The van der Waals surface area contributed by atoms with E-state index in [0.29, 0.717) is 12.8 Å². The highest BCUT2D eigenvalue weighted by atomic mass is 32.2. The summed E-state index contributed by atoms with van der Waals surface area (Å²) in [7, 11) is -3.57. The predicted octanol–water partition coefficient (Wildman–Crippen LogP) is -0.188. The molecule has 0 amide bonds. The van der Waals surface area contributed by atoms with E-state index in [2.05, 4.69) is 20.8 Å². The highest BCUT2D eigenvalue weighted by Gasteiger charge is 2.18. The molecule has 0 aliphatic heterocycles. The highest BCUT2D eigenvalue weighted by Crippen LogP contribution is 2.16. The third kappa shape index (κ3) is 3.47. The molecule has 0 aliphatic carbocycles. The van der Waals surface area contributed by atoms with Crippen molar-refractivity contribution in [1.82, 2.24) is 14.9 Å². The average molecular weight is 246 g/mol. The van der Waals surface area contributed by atoms with Gasteiger partial charge in [0.25, 0.3) is 10.0 Å². The van der Waals surface area contributed by atoms with Gasteiger partial charge in [-0.25, -0.2) is 13.1 Å². The normalized spacial score (nSPS) is 11.1. The number of unbranched alkanes of at least 4 members (excludes halogenated alkanes) is 1. The van der Waals surface area contributed by atoms with Crippen LogP contribution < -0.4 is 10.5 Å². The second kappa shape index (κ2) is 5.06. The van der Waals surface area contributed by atoms with Crippen LogP contribution in [0, 0.1) is 12.3 Å².